The first-order chi connectivity index (χ1) is 8.63. The molecule has 5 N–H and O–H groups in total. The average molecular weight is 253 g/mol. The van der Waals surface area contributed by atoms with E-state index in [0.29, 0.717) is 6.54 Å². The number of nitrogens with two attached hydrogens (primary N) is 2. The Balaban J connectivity index is 4.10. The summed E-state index contributed by atoms with van der Waals surface area (Å²) in [7, 11) is 0. The first kappa shape index (κ1) is 17.0. The van der Waals surface area contributed by atoms with E-state index in [9.17, 15) is 0 Å². The standard InChI is InChI=1S/C13H27N5/c1-4-16-10-13(8-9-14)7-5-6-11(2)17-12(3)18-15/h4,10,12,18H,5-9,14-15H2,1-3H3/b13-10-,16-4-,17-11+/t12-/m1/s1. The summed E-state index contributed by atoms with van der Waals surface area (Å²) in [6.07, 6.45) is 7.66. The molecule has 104 valence electrons. The number of nitrogens with zero attached hydrogens (tertiary/aromatic N) is 2. The lowest BCUT2D eigenvalue weighted by Crippen LogP contribution is -2.31. The monoisotopic (exact) mass is 253 g/mol. The number of hydrazine groups is 1. The smallest absolute Gasteiger partial charge is 0.109 e. The largest absolute Gasteiger partial charge is 0.330 e. The normalized spacial score (nSPS) is 15.4. The van der Waals surface area contributed by atoms with Crippen LogP contribution in [-0.2, 0) is 0 Å². The summed E-state index contributed by atoms with van der Waals surface area (Å²) in [5.41, 5.74) is 10.6. The quantitative estimate of drug-likeness (QED) is 0.332. The van der Waals surface area contributed by atoms with Gasteiger partial charge in [-0.15, -0.1) is 0 Å². The van der Waals surface area contributed by atoms with Crippen molar-refractivity contribution >= 4 is 11.9 Å². The molecule has 1 atom stereocenters. The van der Waals surface area contributed by atoms with Crippen LogP contribution in [0.25, 0.3) is 0 Å². The minimum atomic E-state index is -0.0197. The fourth-order valence-electron chi connectivity index (χ4n) is 1.62. The lowest BCUT2D eigenvalue weighted by molar-refractivity contribution is 0.592. The van der Waals surface area contributed by atoms with E-state index in [1.54, 1.807) is 6.21 Å². The van der Waals surface area contributed by atoms with E-state index in [4.69, 9.17) is 11.6 Å². The minimum Gasteiger partial charge on any atom is -0.330 e. The molecule has 0 aromatic heterocycles. The van der Waals surface area contributed by atoms with Crippen molar-refractivity contribution in [2.45, 2.75) is 52.6 Å². The number of hydrogen-bond donors (Lipinski definition) is 3. The maximum absolute atomic E-state index is 5.58. The Kier molecular flexibility index (Phi) is 10.4. The molecule has 0 aliphatic rings. The molecule has 0 saturated carbocycles. The van der Waals surface area contributed by atoms with Crippen LogP contribution in [0.5, 0.6) is 0 Å². The van der Waals surface area contributed by atoms with Gasteiger partial charge < -0.3 is 5.73 Å². The molecule has 0 saturated heterocycles. The number of aliphatic imine (C=N–C) groups is 2. The Labute approximate surface area is 110 Å². The van der Waals surface area contributed by atoms with Crippen molar-refractivity contribution in [2.75, 3.05) is 6.54 Å². The van der Waals surface area contributed by atoms with Crippen molar-refractivity contribution in [3.63, 3.8) is 0 Å². The molecule has 0 radical (unpaired) electrons. The van der Waals surface area contributed by atoms with Crippen molar-refractivity contribution < 1.29 is 0 Å². The van der Waals surface area contributed by atoms with Gasteiger partial charge in [-0.1, -0.05) is 5.57 Å². The highest BCUT2D eigenvalue weighted by molar-refractivity contribution is 5.81. The third kappa shape index (κ3) is 9.04. The summed E-state index contributed by atoms with van der Waals surface area (Å²) in [4.78, 5) is 8.56. The highest BCUT2D eigenvalue weighted by Gasteiger charge is 2.00. The molecule has 0 rings (SSSR count). The van der Waals surface area contributed by atoms with Crippen molar-refractivity contribution in [3.8, 4) is 0 Å². The van der Waals surface area contributed by atoms with Crippen LogP contribution >= 0.6 is 0 Å². The van der Waals surface area contributed by atoms with Gasteiger partial charge in [-0.25, -0.2) is 5.43 Å². The second-order valence-electron chi connectivity index (χ2n) is 4.29. The third-order valence-electron chi connectivity index (χ3n) is 2.56. The van der Waals surface area contributed by atoms with E-state index >= 15 is 0 Å². The van der Waals surface area contributed by atoms with Crippen molar-refractivity contribution in [1.29, 1.82) is 0 Å². The zero-order chi connectivity index (χ0) is 13.8. The maximum atomic E-state index is 5.58. The number of hydrogen-bond acceptors (Lipinski definition) is 5. The van der Waals surface area contributed by atoms with E-state index in [2.05, 4.69) is 15.4 Å². The lowest BCUT2D eigenvalue weighted by atomic mass is 10.1. The Morgan fingerprint density at radius 1 is 1.33 bits per heavy atom. The maximum Gasteiger partial charge on any atom is 0.109 e. The SMILES string of the molecule is C/C=N\C=C(/CCN)CCC/C(C)=N/[C@@H](C)NN. The van der Waals surface area contributed by atoms with Gasteiger partial charge in [-0.05, 0) is 53.0 Å². The second kappa shape index (κ2) is 11.1. The van der Waals surface area contributed by atoms with Gasteiger partial charge in [0.25, 0.3) is 0 Å². The van der Waals surface area contributed by atoms with E-state index in [1.165, 1.54) is 5.57 Å². The summed E-state index contributed by atoms with van der Waals surface area (Å²) in [5, 5.41) is 0. The first-order valence-corrected chi connectivity index (χ1v) is 6.49. The van der Waals surface area contributed by atoms with E-state index in [1.807, 2.05) is 27.0 Å². The molecule has 0 aliphatic heterocycles. The van der Waals surface area contributed by atoms with Crippen LogP contribution in [0.3, 0.4) is 0 Å². The van der Waals surface area contributed by atoms with Gasteiger partial charge in [0.1, 0.15) is 6.17 Å². The van der Waals surface area contributed by atoms with Gasteiger partial charge in [-0.2, -0.15) is 0 Å². The number of rotatable bonds is 9. The number of nitrogens with one attached hydrogen (secondary N) is 1. The topological polar surface area (TPSA) is 88.8 Å². The predicted molar refractivity (Wildman–Crippen MR) is 79.7 cm³/mol. The Morgan fingerprint density at radius 3 is 2.61 bits per heavy atom. The van der Waals surface area contributed by atoms with Crippen LogP contribution in [0.4, 0.5) is 0 Å². The molecule has 0 unspecified atom stereocenters. The summed E-state index contributed by atoms with van der Waals surface area (Å²) in [6, 6.07) is 0. The molecule has 5 nitrogen and oxygen atoms in total. The van der Waals surface area contributed by atoms with Crippen LogP contribution in [0, 0.1) is 0 Å². The third-order valence-corrected chi connectivity index (χ3v) is 2.56. The minimum absolute atomic E-state index is 0.0197. The Morgan fingerprint density at radius 2 is 2.06 bits per heavy atom. The second-order valence-corrected chi connectivity index (χ2v) is 4.29. The molecule has 18 heavy (non-hydrogen) atoms. The lowest BCUT2D eigenvalue weighted by Gasteiger charge is -2.08. The van der Waals surface area contributed by atoms with E-state index in [0.717, 1.165) is 31.4 Å². The zero-order valence-electron chi connectivity index (χ0n) is 11.8. The highest BCUT2D eigenvalue weighted by Crippen LogP contribution is 2.11. The van der Waals surface area contributed by atoms with Crippen LogP contribution in [-0.4, -0.2) is 24.6 Å². The van der Waals surface area contributed by atoms with Crippen LogP contribution in [0.1, 0.15) is 46.5 Å². The first-order valence-electron chi connectivity index (χ1n) is 6.49. The van der Waals surface area contributed by atoms with Gasteiger partial charge in [0, 0.05) is 18.1 Å². The summed E-state index contributed by atoms with van der Waals surface area (Å²) in [6.45, 7) is 6.55. The zero-order valence-corrected chi connectivity index (χ0v) is 11.8. The molecular formula is C13H27N5. The summed E-state index contributed by atoms with van der Waals surface area (Å²) < 4.78 is 0. The molecule has 0 aromatic carbocycles. The van der Waals surface area contributed by atoms with Gasteiger partial charge in [0.15, 0.2) is 0 Å². The van der Waals surface area contributed by atoms with Crippen LogP contribution in [0.2, 0.25) is 0 Å². The Bertz CT molecular complexity index is 294. The van der Waals surface area contributed by atoms with Gasteiger partial charge in [0.2, 0.25) is 0 Å². The molecule has 0 heterocycles. The van der Waals surface area contributed by atoms with Crippen LogP contribution in [0.15, 0.2) is 21.8 Å². The molecule has 0 fully saturated rings. The average Bonchev–Trinajstić information content (AvgIpc) is 2.35. The molecule has 0 bridgehead atoms. The fourth-order valence-corrected chi connectivity index (χ4v) is 1.62. The summed E-state index contributed by atoms with van der Waals surface area (Å²) in [5.74, 6) is 5.30. The highest BCUT2D eigenvalue weighted by atomic mass is 15.3. The summed E-state index contributed by atoms with van der Waals surface area (Å²) >= 11 is 0. The molecular weight excluding hydrogens is 226 g/mol. The predicted octanol–water partition coefficient (Wildman–Crippen LogP) is 1.75. The van der Waals surface area contributed by atoms with Gasteiger partial charge in [0.05, 0.1) is 0 Å². The van der Waals surface area contributed by atoms with Crippen LogP contribution < -0.4 is 17.0 Å². The Hall–Kier alpha value is -1.04. The fraction of sp³-hybridized carbons (Fsp3) is 0.692. The molecule has 0 aliphatic carbocycles. The van der Waals surface area contributed by atoms with Gasteiger partial charge >= 0.3 is 0 Å². The van der Waals surface area contributed by atoms with Crippen molar-refractivity contribution in [2.24, 2.45) is 21.6 Å². The van der Waals surface area contributed by atoms with Crippen molar-refractivity contribution in [3.05, 3.63) is 11.8 Å². The van der Waals surface area contributed by atoms with E-state index in [-0.39, 0.29) is 6.17 Å². The van der Waals surface area contributed by atoms with Gasteiger partial charge in [-0.3, -0.25) is 15.8 Å². The molecule has 0 amide bonds. The van der Waals surface area contributed by atoms with Crippen molar-refractivity contribution in [1.82, 2.24) is 5.43 Å². The molecule has 5 heteroatoms. The van der Waals surface area contributed by atoms with E-state index < -0.39 is 0 Å². The molecule has 0 aromatic rings. The molecule has 0 spiro atoms.